The van der Waals surface area contributed by atoms with Crippen LogP contribution in [0.5, 0.6) is 0 Å². The first kappa shape index (κ1) is 19.9. The molecule has 1 heterocycles. The molecule has 1 aromatic rings. The number of amides is 2. The normalized spacial score (nSPS) is 17.5. The lowest BCUT2D eigenvalue weighted by atomic mass is 9.91. The van der Waals surface area contributed by atoms with Crippen molar-refractivity contribution in [3.05, 3.63) is 29.8 Å². The van der Waals surface area contributed by atoms with Gasteiger partial charge in [-0.3, -0.25) is 9.59 Å². The maximum Gasteiger partial charge on any atom is 0.338 e. The van der Waals surface area contributed by atoms with Crippen LogP contribution >= 0.6 is 0 Å². The lowest BCUT2D eigenvalue weighted by molar-refractivity contribution is -0.142. The number of nitrogens with one attached hydrogen (secondary N) is 1. The van der Waals surface area contributed by atoms with E-state index in [1.54, 1.807) is 36.1 Å². The first-order valence-electron chi connectivity index (χ1n) is 9.09. The van der Waals surface area contributed by atoms with Crippen LogP contribution in [0.1, 0.15) is 50.9 Å². The Bertz CT molecular complexity index is 661. The zero-order chi connectivity index (χ0) is 19.3. The summed E-state index contributed by atoms with van der Waals surface area (Å²) in [6.07, 6.45) is 1.59. The van der Waals surface area contributed by atoms with E-state index in [1.807, 2.05) is 20.8 Å². The highest BCUT2D eigenvalue weighted by Crippen LogP contribution is 2.24. The van der Waals surface area contributed by atoms with Crippen LogP contribution in [0.2, 0.25) is 0 Å². The number of ether oxygens (including phenoxy) is 1. The molecule has 0 radical (unpaired) electrons. The van der Waals surface area contributed by atoms with Gasteiger partial charge in [0.05, 0.1) is 18.1 Å². The van der Waals surface area contributed by atoms with Crippen molar-refractivity contribution < 1.29 is 19.1 Å². The molecule has 0 bridgehead atoms. The second-order valence-electron chi connectivity index (χ2n) is 7.63. The van der Waals surface area contributed by atoms with E-state index in [-0.39, 0.29) is 23.7 Å². The fourth-order valence-electron chi connectivity index (χ4n) is 3.00. The summed E-state index contributed by atoms with van der Waals surface area (Å²) >= 11 is 0. The van der Waals surface area contributed by atoms with Crippen LogP contribution in [0.4, 0.5) is 5.69 Å². The molecule has 142 valence electrons. The van der Waals surface area contributed by atoms with Gasteiger partial charge in [0.15, 0.2) is 0 Å². The monoisotopic (exact) mass is 360 g/mol. The number of anilines is 1. The van der Waals surface area contributed by atoms with Gasteiger partial charge in [0.2, 0.25) is 11.8 Å². The molecule has 0 saturated carbocycles. The summed E-state index contributed by atoms with van der Waals surface area (Å²) in [7, 11) is 0. The number of likely N-dealkylation sites (tertiary alicyclic amines) is 1. The minimum atomic E-state index is -0.443. The van der Waals surface area contributed by atoms with Crippen molar-refractivity contribution in [2.75, 3.05) is 25.0 Å². The Morgan fingerprint density at radius 3 is 2.42 bits per heavy atom. The molecule has 1 saturated heterocycles. The number of rotatable bonds is 4. The van der Waals surface area contributed by atoms with Crippen molar-refractivity contribution in [1.82, 2.24) is 4.90 Å². The van der Waals surface area contributed by atoms with Gasteiger partial charge in [-0.2, -0.15) is 0 Å². The van der Waals surface area contributed by atoms with Crippen LogP contribution in [-0.4, -0.2) is 42.4 Å². The van der Waals surface area contributed by atoms with E-state index in [2.05, 4.69) is 5.32 Å². The van der Waals surface area contributed by atoms with Crippen molar-refractivity contribution in [3.8, 4) is 0 Å². The Hall–Kier alpha value is -2.37. The first-order valence-corrected chi connectivity index (χ1v) is 9.09. The van der Waals surface area contributed by atoms with E-state index >= 15 is 0 Å². The van der Waals surface area contributed by atoms with Crippen LogP contribution in [0, 0.1) is 11.3 Å². The van der Waals surface area contributed by atoms with Gasteiger partial charge in [0, 0.05) is 24.2 Å². The molecule has 1 unspecified atom stereocenters. The van der Waals surface area contributed by atoms with E-state index in [9.17, 15) is 14.4 Å². The molecule has 2 rings (SSSR count). The molecule has 2 amide bonds. The van der Waals surface area contributed by atoms with Crippen molar-refractivity contribution in [2.45, 2.75) is 40.5 Å². The second kappa shape index (κ2) is 8.34. The third-order valence-corrected chi connectivity index (χ3v) is 4.38. The van der Waals surface area contributed by atoms with Gasteiger partial charge in [-0.15, -0.1) is 0 Å². The summed E-state index contributed by atoms with van der Waals surface area (Å²) in [5.41, 5.74) is 0.633. The van der Waals surface area contributed by atoms with Gasteiger partial charge in [0.1, 0.15) is 0 Å². The molecule has 1 aliphatic heterocycles. The average molecular weight is 360 g/mol. The average Bonchev–Trinajstić information content (AvgIpc) is 2.61. The largest absolute Gasteiger partial charge is 0.462 e. The molecule has 1 atom stereocenters. The molecule has 26 heavy (non-hydrogen) atoms. The van der Waals surface area contributed by atoms with Gasteiger partial charge in [0.25, 0.3) is 0 Å². The van der Waals surface area contributed by atoms with Gasteiger partial charge in [-0.05, 0) is 44.0 Å². The number of nitrogens with zero attached hydrogens (tertiary/aromatic N) is 1. The zero-order valence-electron chi connectivity index (χ0n) is 16.0. The number of carbonyl (C=O) groups excluding carboxylic acids is 3. The van der Waals surface area contributed by atoms with Crippen molar-refractivity contribution in [1.29, 1.82) is 0 Å². The van der Waals surface area contributed by atoms with E-state index in [0.717, 1.165) is 12.8 Å². The summed E-state index contributed by atoms with van der Waals surface area (Å²) < 4.78 is 4.94. The molecular weight excluding hydrogens is 332 g/mol. The standard InChI is InChI=1S/C20H28N2O4/c1-5-26-18(24)14-8-10-16(11-9-14)21-17(23)15-7-6-12-22(13-15)19(25)20(2,3)4/h8-11,15H,5-7,12-13H2,1-4H3,(H,21,23). The number of benzene rings is 1. The number of esters is 1. The Morgan fingerprint density at radius 1 is 1.19 bits per heavy atom. The predicted octanol–water partition coefficient (Wildman–Crippen LogP) is 3.09. The summed E-state index contributed by atoms with van der Waals surface area (Å²) in [5, 5.41) is 2.88. The number of carbonyl (C=O) groups is 3. The fraction of sp³-hybridized carbons (Fsp3) is 0.550. The SMILES string of the molecule is CCOC(=O)c1ccc(NC(=O)C2CCCN(C(=O)C(C)(C)C)C2)cc1. The summed E-state index contributed by atoms with van der Waals surface area (Å²) in [6.45, 7) is 8.91. The third kappa shape index (κ3) is 5.07. The van der Waals surface area contributed by atoms with E-state index < -0.39 is 5.41 Å². The maximum atomic E-state index is 12.6. The van der Waals surface area contributed by atoms with Gasteiger partial charge in [-0.25, -0.2) is 4.79 Å². The van der Waals surface area contributed by atoms with Crippen molar-refractivity contribution in [2.24, 2.45) is 11.3 Å². The van der Waals surface area contributed by atoms with Gasteiger partial charge < -0.3 is 15.0 Å². The molecule has 6 heteroatoms. The molecule has 1 aromatic carbocycles. The molecule has 0 aromatic heterocycles. The lowest BCUT2D eigenvalue weighted by Crippen LogP contribution is -2.47. The Kier molecular flexibility index (Phi) is 6.40. The Labute approximate surface area is 154 Å². The topological polar surface area (TPSA) is 75.7 Å². The maximum absolute atomic E-state index is 12.6. The molecule has 6 nitrogen and oxygen atoms in total. The van der Waals surface area contributed by atoms with Crippen LogP contribution < -0.4 is 5.32 Å². The van der Waals surface area contributed by atoms with Crippen LogP contribution in [0.3, 0.4) is 0 Å². The quantitative estimate of drug-likeness (QED) is 0.837. The lowest BCUT2D eigenvalue weighted by Gasteiger charge is -2.35. The minimum Gasteiger partial charge on any atom is -0.462 e. The van der Waals surface area contributed by atoms with E-state index in [0.29, 0.717) is 30.9 Å². The summed E-state index contributed by atoms with van der Waals surface area (Å²) in [5.74, 6) is -0.622. The van der Waals surface area contributed by atoms with E-state index in [1.165, 1.54) is 0 Å². The molecule has 0 aliphatic carbocycles. The van der Waals surface area contributed by atoms with Crippen LogP contribution in [0.25, 0.3) is 0 Å². The number of hydrogen-bond donors (Lipinski definition) is 1. The van der Waals surface area contributed by atoms with Gasteiger partial charge in [-0.1, -0.05) is 20.8 Å². The summed E-state index contributed by atoms with van der Waals surface area (Å²) in [4.78, 5) is 38.5. The smallest absolute Gasteiger partial charge is 0.338 e. The highest BCUT2D eigenvalue weighted by Gasteiger charge is 2.33. The Morgan fingerprint density at radius 2 is 1.85 bits per heavy atom. The second-order valence-corrected chi connectivity index (χ2v) is 7.63. The molecule has 1 N–H and O–H groups in total. The third-order valence-electron chi connectivity index (χ3n) is 4.38. The minimum absolute atomic E-state index is 0.0776. The van der Waals surface area contributed by atoms with Crippen LogP contribution in [-0.2, 0) is 14.3 Å². The van der Waals surface area contributed by atoms with Gasteiger partial charge >= 0.3 is 5.97 Å². The summed E-state index contributed by atoms with van der Waals surface area (Å²) in [6, 6.07) is 6.63. The Balaban J connectivity index is 1.96. The highest BCUT2D eigenvalue weighted by atomic mass is 16.5. The first-order chi connectivity index (χ1) is 12.2. The van der Waals surface area contributed by atoms with Crippen molar-refractivity contribution in [3.63, 3.8) is 0 Å². The van der Waals surface area contributed by atoms with Crippen molar-refractivity contribution >= 4 is 23.5 Å². The highest BCUT2D eigenvalue weighted by molar-refractivity contribution is 5.94. The molecule has 0 spiro atoms. The van der Waals surface area contributed by atoms with Crippen LogP contribution in [0.15, 0.2) is 24.3 Å². The predicted molar refractivity (Wildman–Crippen MR) is 99.8 cm³/mol. The molecular formula is C20H28N2O4. The van der Waals surface area contributed by atoms with E-state index in [4.69, 9.17) is 4.74 Å². The zero-order valence-corrected chi connectivity index (χ0v) is 16.0. The number of piperidine rings is 1. The molecule has 1 fully saturated rings. The fourth-order valence-corrected chi connectivity index (χ4v) is 3.00. The molecule has 1 aliphatic rings. The number of hydrogen-bond acceptors (Lipinski definition) is 4.